The predicted molar refractivity (Wildman–Crippen MR) is 79.2 cm³/mol. The van der Waals surface area contributed by atoms with Crippen molar-refractivity contribution in [1.29, 1.82) is 0 Å². The molecule has 0 aromatic heterocycles. The zero-order chi connectivity index (χ0) is 14.1. The summed E-state index contributed by atoms with van der Waals surface area (Å²) in [7, 11) is 0. The van der Waals surface area contributed by atoms with Gasteiger partial charge in [-0.05, 0) is 25.5 Å². The Balaban J connectivity index is 2.79. The number of anilines is 1. The molecule has 1 aromatic rings. The third-order valence-electron chi connectivity index (χ3n) is 3.03. The number of carbonyl (C=O) groups is 1. The molecule has 106 valence electrons. The zero-order valence-electron chi connectivity index (χ0n) is 12.3. The van der Waals surface area contributed by atoms with Gasteiger partial charge in [-0.2, -0.15) is 0 Å². The maximum absolute atomic E-state index is 11.7. The first-order valence-electron chi connectivity index (χ1n) is 7.24. The lowest BCUT2D eigenvalue weighted by Crippen LogP contribution is -2.38. The van der Waals surface area contributed by atoms with Crippen molar-refractivity contribution in [1.82, 2.24) is 0 Å². The van der Waals surface area contributed by atoms with Gasteiger partial charge in [0.15, 0.2) is 6.23 Å². The smallest absolute Gasteiger partial charge is 0.307 e. The Morgan fingerprint density at radius 1 is 1.16 bits per heavy atom. The molecule has 1 atom stereocenters. The van der Waals surface area contributed by atoms with E-state index in [4.69, 9.17) is 4.74 Å². The van der Waals surface area contributed by atoms with Gasteiger partial charge in [-0.1, -0.05) is 38.5 Å². The third-order valence-corrected chi connectivity index (χ3v) is 3.03. The van der Waals surface area contributed by atoms with Crippen LogP contribution in [0.5, 0.6) is 0 Å². The molecule has 0 aliphatic rings. The Morgan fingerprint density at radius 2 is 1.84 bits per heavy atom. The van der Waals surface area contributed by atoms with Crippen LogP contribution < -0.4 is 4.90 Å². The molecule has 0 amide bonds. The topological polar surface area (TPSA) is 29.5 Å². The van der Waals surface area contributed by atoms with Crippen molar-refractivity contribution in [2.24, 2.45) is 0 Å². The van der Waals surface area contributed by atoms with Gasteiger partial charge in [-0.25, -0.2) is 0 Å². The minimum absolute atomic E-state index is 0.102. The summed E-state index contributed by atoms with van der Waals surface area (Å²) in [6.45, 7) is 7.02. The van der Waals surface area contributed by atoms with Crippen LogP contribution >= 0.6 is 0 Å². The van der Waals surface area contributed by atoms with Crippen LogP contribution in [0, 0.1) is 0 Å². The molecule has 0 heterocycles. The summed E-state index contributed by atoms with van der Waals surface area (Å²) in [6.07, 6.45) is 3.02. The lowest BCUT2D eigenvalue weighted by molar-refractivity contribution is -0.149. The monoisotopic (exact) mass is 263 g/mol. The first-order chi connectivity index (χ1) is 9.22. The molecule has 0 bridgehead atoms. The van der Waals surface area contributed by atoms with Gasteiger partial charge >= 0.3 is 5.97 Å². The minimum Gasteiger partial charge on any atom is -0.442 e. The zero-order valence-corrected chi connectivity index (χ0v) is 12.3. The molecule has 0 aliphatic carbocycles. The number of hydrogen-bond acceptors (Lipinski definition) is 3. The fourth-order valence-electron chi connectivity index (χ4n) is 2.11. The summed E-state index contributed by atoms with van der Waals surface area (Å²) in [6, 6.07) is 10.1. The molecule has 0 radical (unpaired) electrons. The van der Waals surface area contributed by atoms with Crippen LogP contribution in [0.15, 0.2) is 30.3 Å². The molecule has 0 N–H and O–H groups in total. The van der Waals surface area contributed by atoms with Crippen LogP contribution in [0.3, 0.4) is 0 Å². The van der Waals surface area contributed by atoms with E-state index >= 15 is 0 Å². The SMILES string of the molecule is CCCC(=O)OC(CCC)N(CC)c1ccccc1. The molecule has 19 heavy (non-hydrogen) atoms. The van der Waals surface area contributed by atoms with Gasteiger partial charge in [0.2, 0.25) is 0 Å². The van der Waals surface area contributed by atoms with Gasteiger partial charge in [0.1, 0.15) is 0 Å². The number of carbonyl (C=O) groups excluding carboxylic acids is 1. The Bertz CT molecular complexity index is 364. The summed E-state index contributed by atoms with van der Waals surface area (Å²) in [5.74, 6) is -0.102. The molecule has 3 nitrogen and oxygen atoms in total. The highest BCUT2D eigenvalue weighted by molar-refractivity contribution is 5.69. The average molecular weight is 263 g/mol. The van der Waals surface area contributed by atoms with Gasteiger partial charge in [0.25, 0.3) is 0 Å². The van der Waals surface area contributed by atoms with Gasteiger partial charge in [-0.15, -0.1) is 0 Å². The molecule has 0 saturated heterocycles. The van der Waals surface area contributed by atoms with Crippen LogP contribution in [0.2, 0.25) is 0 Å². The molecule has 1 aromatic carbocycles. The number of nitrogens with zero attached hydrogens (tertiary/aromatic N) is 1. The number of esters is 1. The fraction of sp³-hybridized carbons (Fsp3) is 0.562. The van der Waals surface area contributed by atoms with Gasteiger partial charge in [-0.3, -0.25) is 4.79 Å². The Morgan fingerprint density at radius 3 is 2.37 bits per heavy atom. The summed E-state index contributed by atoms with van der Waals surface area (Å²) in [4.78, 5) is 13.9. The van der Waals surface area contributed by atoms with Crippen LogP contribution in [0.25, 0.3) is 0 Å². The molecule has 0 fully saturated rings. The highest BCUT2D eigenvalue weighted by Gasteiger charge is 2.20. The molecule has 0 spiro atoms. The first kappa shape index (κ1) is 15.5. The standard InChI is InChI=1S/C16H25NO2/c1-4-10-15(19-16(18)11-5-2)17(6-3)14-12-8-7-9-13-14/h7-9,12-13,15H,4-6,10-11H2,1-3H3. The van der Waals surface area contributed by atoms with E-state index in [1.165, 1.54) is 0 Å². The molecule has 0 aliphatic heterocycles. The number of hydrogen-bond donors (Lipinski definition) is 0. The van der Waals surface area contributed by atoms with Crippen LogP contribution in [0.4, 0.5) is 5.69 Å². The van der Waals surface area contributed by atoms with Gasteiger partial charge in [0, 0.05) is 25.1 Å². The highest BCUT2D eigenvalue weighted by Crippen LogP contribution is 2.20. The maximum Gasteiger partial charge on any atom is 0.307 e. The van der Waals surface area contributed by atoms with Crippen molar-refractivity contribution in [3.8, 4) is 0 Å². The third kappa shape index (κ3) is 4.93. The first-order valence-corrected chi connectivity index (χ1v) is 7.24. The molecule has 1 rings (SSSR count). The molecular weight excluding hydrogens is 238 g/mol. The predicted octanol–water partition coefficient (Wildman–Crippen LogP) is 3.98. The molecule has 1 unspecified atom stereocenters. The molecule has 0 saturated carbocycles. The number of para-hydroxylation sites is 1. The van der Waals surface area contributed by atoms with Gasteiger partial charge < -0.3 is 9.64 Å². The largest absolute Gasteiger partial charge is 0.442 e. The van der Waals surface area contributed by atoms with E-state index in [2.05, 4.69) is 30.9 Å². The van der Waals surface area contributed by atoms with Crippen molar-refractivity contribution in [2.45, 2.75) is 52.7 Å². The maximum atomic E-state index is 11.7. The fourth-order valence-corrected chi connectivity index (χ4v) is 2.11. The minimum atomic E-state index is -0.156. The van der Waals surface area contributed by atoms with E-state index in [0.717, 1.165) is 31.5 Å². The second-order valence-corrected chi connectivity index (χ2v) is 4.60. The lowest BCUT2D eigenvalue weighted by atomic mass is 10.2. The van der Waals surface area contributed by atoms with E-state index in [1.54, 1.807) is 0 Å². The molecule has 3 heteroatoms. The number of rotatable bonds is 8. The summed E-state index contributed by atoms with van der Waals surface area (Å²) in [5.41, 5.74) is 1.10. The van der Waals surface area contributed by atoms with E-state index in [0.29, 0.717) is 6.42 Å². The second kappa shape index (κ2) is 8.57. The quantitative estimate of drug-likeness (QED) is 0.525. The van der Waals surface area contributed by atoms with E-state index < -0.39 is 0 Å². The summed E-state index contributed by atoms with van der Waals surface area (Å²) >= 11 is 0. The van der Waals surface area contributed by atoms with Crippen molar-refractivity contribution < 1.29 is 9.53 Å². The van der Waals surface area contributed by atoms with E-state index in [-0.39, 0.29) is 12.2 Å². The van der Waals surface area contributed by atoms with Crippen LogP contribution in [0.1, 0.15) is 46.5 Å². The Labute approximate surface area is 116 Å². The summed E-state index contributed by atoms with van der Waals surface area (Å²) in [5, 5.41) is 0. The van der Waals surface area contributed by atoms with Crippen molar-refractivity contribution in [2.75, 3.05) is 11.4 Å². The number of ether oxygens (including phenoxy) is 1. The van der Waals surface area contributed by atoms with E-state index in [9.17, 15) is 4.79 Å². The van der Waals surface area contributed by atoms with E-state index in [1.807, 2.05) is 25.1 Å². The van der Waals surface area contributed by atoms with Crippen molar-refractivity contribution >= 4 is 11.7 Å². The van der Waals surface area contributed by atoms with Crippen LogP contribution in [-0.2, 0) is 9.53 Å². The normalized spacial score (nSPS) is 11.9. The number of benzene rings is 1. The Hall–Kier alpha value is -1.51. The summed E-state index contributed by atoms with van der Waals surface area (Å²) < 4.78 is 5.63. The Kier molecular flexibility index (Phi) is 7.01. The van der Waals surface area contributed by atoms with Gasteiger partial charge in [0.05, 0.1) is 0 Å². The van der Waals surface area contributed by atoms with Crippen LogP contribution in [-0.4, -0.2) is 18.7 Å². The average Bonchev–Trinajstić information content (AvgIpc) is 2.41. The van der Waals surface area contributed by atoms with Crippen molar-refractivity contribution in [3.63, 3.8) is 0 Å². The van der Waals surface area contributed by atoms with Crippen molar-refractivity contribution in [3.05, 3.63) is 30.3 Å². The molecular formula is C16H25NO2. The highest BCUT2D eigenvalue weighted by atomic mass is 16.6. The lowest BCUT2D eigenvalue weighted by Gasteiger charge is -2.32. The second-order valence-electron chi connectivity index (χ2n) is 4.60.